The van der Waals surface area contributed by atoms with Crippen LogP contribution in [0.3, 0.4) is 0 Å². The SMILES string of the molecule is Cc1ccc(/C(O)=C2\C(=O)C(=O)N(c3cccc(Cl)c3)C2c2ccccc2F)cc1C. The van der Waals surface area contributed by atoms with Crippen LogP contribution in [0, 0.1) is 19.7 Å². The van der Waals surface area contributed by atoms with Crippen LogP contribution in [-0.4, -0.2) is 16.8 Å². The van der Waals surface area contributed by atoms with Crippen LogP contribution in [-0.2, 0) is 9.59 Å². The molecule has 3 aromatic rings. The van der Waals surface area contributed by atoms with Crippen LogP contribution in [0.5, 0.6) is 0 Å². The highest BCUT2D eigenvalue weighted by molar-refractivity contribution is 6.51. The van der Waals surface area contributed by atoms with E-state index in [-0.39, 0.29) is 16.9 Å². The van der Waals surface area contributed by atoms with Gasteiger partial charge in [0.1, 0.15) is 11.6 Å². The van der Waals surface area contributed by atoms with Crippen molar-refractivity contribution in [3.05, 3.63) is 105 Å². The number of carbonyl (C=O) groups is 2. The maximum Gasteiger partial charge on any atom is 0.300 e. The monoisotopic (exact) mass is 435 g/mol. The topological polar surface area (TPSA) is 57.6 Å². The number of hydrogen-bond acceptors (Lipinski definition) is 3. The second-order valence-electron chi connectivity index (χ2n) is 7.47. The van der Waals surface area contributed by atoms with Gasteiger partial charge in [-0.2, -0.15) is 0 Å². The van der Waals surface area contributed by atoms with Crippen LogP contribution < -0.4 is 4.90 Å². The normalized spacial score (nSPS) is 17.9. The number of nitrogens with zero attached hydrogens (tertiary/aromatic N) is 1. The first-order valence-electron chi connectivity index (χ1n) is 9.68. The molecule has 1 aliphatic rings. The number of amides is 1. The van der Waals surface area contributed by atoms with Crippen molar-refractivity contribution in [2.45, 2.75) is 19.9 Å². The van der Waals surface area contributed by atoms with Crippen molar-refractivity contribution in [2.24, 2.45) is 0 Å². The lowest BCUT2D eigenvalue weighted by molar-refractivity contribution is -0.132. The molecule has 31 heavy (non-hydrogen) atoms. The van der Waals surface area contributed by atoms with Gasteiger partial charge in [-0.3, -0.25) is 14.5 Å². The van der Waals surface area contributed by atoms with E-state index in [1.807, 2.05) is 19.9 Å². The zero-order valence-corrected chi connectivity index (χ0v) is 17.7. The highest BCUT2D eigenvalue weighted by atomic mass is 35.5. The van der Waals surface area contributed by atoms with Crippen LogP contribution in [0.25, 0.3) is 5.76 Å². The van der Waals surface area contributed by atoms with Gasteiger partial charge in [0.2, 0.25) is 0 Å². The highest BCUT2D eigenvalue weighted by Crippen LogP contribution is 2.43. The molecule has 1 fully saturated rings. The summed E-state index contributed by atoms with van der Waals surface area (Å²) in [5.74, 6) is -2.68. The second-order valence-corrected chi connectivity index (χ2v) is 7.91. The summed E-state index contributed by atoms with van der Waals surface area (Å²) in [6.45, 7) is 3.81. The minimum Gasteiger partial charge on any atom is -0.507 e. The zero-order valence-electron chi connectivity index (χ0n) is 16.9. The Labute approximate surface area is 184 Å². The van der Waals surface area contributed by atoms with E-state index in [9.17, 15) is 19.1 Å². The van der Waals surface area contributed by atoms with Crippen molar-refractivity contribution < 1.29 is 19.1 Å². The number of hydrogen-bond donors (Lipinski definition) is 1. The summed E-state index contributed by atoms with van der Waals surface area (Å²) in [5.41, 5.74) is 2.58. The van der Waals surface area contributed by atoms with Gasteiger partial charge in [-0.15, -0.1) is 0 Å². The Balaban J connectivity index is 1.99. The number of rotatable bonds is 3. The van der Waals surface area contributed by atoms with Crippen LogP contribution in [0.4, 0.5) is 10.1 Å². The molecule has 0 aromatic heterocycles. The number of anilines is 1. The van der Waals surface area contributed by atoms with Gasteiger partial charge in [0.15, 0.2) is 0 Å². The molecule has 3 aromatic carbocycles. The summed E-state index contributed by atoms with van der Waals surface area (Å²) in [6, 6.07) is 16.4. The fourth-order valence-corrected chi connectivity index (χ4v) is 3.94. The Hall–Kier alpha value is -3.44. The van der Waals surface area contributed by atoms with Gasteiger partial charge in [-0.25, -0.2) is 4.39 Å². The molecule has 0 aliphatic carbocycles. The summed E-state index contributed by atoms with van der Waals surface area (Å²) in [6.07, 6.45) is 0. The van der Waals surface area contributed by atoms with Gasteiger partial charge in [0, 0.05) is 21.8 Å². The first-order chi connectivity index (χ1) is 14.8. The Morgan fingerprint density at radius 1 is 0.968 bits per heavy atom. The number of benzene rings is 3. The van der Waals surface area contributed by atoms with Crippen LogP contribution in [0.1, 0.15) is 28.3 Å². The van der Waals surface area contributed by atoms with E-state index in [2.05, 4.69) is 0 Å². The lowest BCUT2D eigenvalue weighted by Gasteiger charge is -2.26. The van der Waals surface area contributed by atoms with Gasteiger partial charge in [0.25, 0.3) is 11.7 Å². The van der Waals surface area contributed by atoms with E-state index in [1.165, 1.54) is 29.2 Å². The van der Waals surface area contributed by atoms with Crippen molar-refractivity contribution in [1.29, 1.82) is 0 Å². The molecule has 156 valence electrons. The Kier molecular flexibility index (Phi) is 5.38. The first-order valence-corrected chi connectivity index (χ1v) is 10.1. The lowest BCUT2D eigenvalue weighted by atomic mass is 9.94. The molecule has 1 saturated heterocycles. The van der Waals surface area contributed by atoms with E-state index in [4.69, 9.17) is 11.6 Å². The van der Waals surface area contributed by atoms with E-state index < -0.39 is 23.5 Å². The van der Waals surface area contributed by atoms with E-state index in [0.717, 1.165) is 11.1 Å². The van der Waals surface area contributed by atoms with Gasteiger partial charge in [-0.1, -0.05) is 48.0 Å². The average Bonchev–Trinajstić information content (AvgIpc) is 3.00. The molecule has 0 saturated carbocycles. The van der Waals surface area contributed by atoms with Crippen molar-refractivity contribution in [3.8, 4) is 0 Å². The maximum atomic E-state index is 14.8. The van der Waals surface area contributed by atoms with Gasteiger partial charge < -0.3 is 5.11 Å². The highest BCUT2D eigenvalue weighted by Gasteiger charge is 2.47. The molecule has 4 rings (SSSR count). The summed E-state index contributed by atoms with van der Waals surface area (Å²) >= 11 is 6.10. The number of ketones is 1. The predicted molar refractivity (Wildman–Crippen MR) is 119 cm³/mol. The number of aryl methyl sites for hydroxylation is 2. The summed E-state index contributed by atoms with van der Waals surface area (Å²) < 4.78 is 14.8. The molecule has 1 heterocycles. The molecule has 0 spiro atoms. The molecule has 6 heteroatoms. The number of Topliss-reactive ketones (excluding diaryl/α,β-unsaturated/α-hetero) is 1. The zero-order chi connectivity index (χ0) is 22.3. The van der Waals surface area contributed by atoms with Gasteiger partial charge >= 0.3 is 0 Å². The van der Waals surface area contributed by atoms with E-state index in [1.54, 1.807) is 36.4 Å². The molecule has 1 unspecified atom stereocenters. The largest absolute Gasteiger partial charge is 0.507 e. The van der Waals surface area contributed by atoms with Gasteiger partial charge in [-0.05, 0) is 55.3 Å². The third-order valence-corrected chi connectivity index (χ3v) is 5.75. The number of halogens is 2. The molecule has 0 radical (unpaired) electrons. The molecule has 0 bridgehead atoms. The standard InChI is InChI=1S/C25H19ClFNO3/c1-14-10-11-16(12-15(14)2)23(29)21-22(19-8-3-4-9-20(19)27)28(25(31)24(21)30)18-7-5-6-17(26)13-18/h3-13,22,29H,1-2H3/b23-21+. The third-order valence-electron chi connectivity index (χ3n) is 5.51. The Morgan fingerprint density at radius 3 is 2.39 bits per heavy atom. The van der Waals surface area contributed by atoms with Crippen molar-refractivity contribution >= 4 is 34.7 Å². The molecule has 4 nitrogen and oxygen atoms in total. The maximum absolute atomic E-state index is 14.8. The van der Waals surface area contributed by atoms with Crippen LogP contribution in [0.2, 0.25) is 5.02 Å². The third kappa shape index (κ3) is 3.62. The lowest BCUT2D eigenvalue weighted by Crippen LogP contribution is -2.29. The van der Waals surface area contributed by atoms with Crippen molar-refractivity contribution in [2.75, 3.05) is 4.90 Å². The Morgan fingerprint density at radius 2 is 1.71 bits per heavy atom. The number of carbonyl (C=O) groups excluding carboxylic acids is 2. The smallest absolute Gasteiger partial charge is 0.300 e. The summed E-state index contributed by atoms with van der Waals surface area (Å²) in [5, 5.41) is 11.5. The Bertz CT molecular complexity index is 1250. The van der Waals surface area contributed by atoms with Crippen LogP contribution >= 0.6 is 11.6 Å². The molecular weight excluding hydrogens is 417 g/mol. The second kappa shape index (κ2) is 8.00. The average molecular weight is 436 g/mol. The molecule has 1 amide bonds. The van der Waals surface area contributed by atoms with E-state index >= 15 is 0 Å². The van der Waals surface area contributed by atoms with Crippen LogP contribution in [0.15, 0.2) is 72.3 Å². The first kappa shape index (κ1) is 20.8. The quantitative estimate of drug-likeness (QED) is 0.325. The molecule has 1 atom stereocenters. The minimum absolute atomic E-state index is 0.104. The summed E-state index contributed by atoms with van der Waals surface area (Å²) in [4.78, 5) is 27.3. The minimum atomic E-state index is -1.14. The molecule has 1 N–H and O–H groups in total. The number of aliphatic hydroxyl groups excluding tert-OH is 1. The predicted octanol–water partition coefficient (Wildman–Crippen LogP) is 5.72. The van der Waals surface area contributed by atoms with E-state index in [0.29, 0.717) is 16.3 Å². The van der Waals surface area contributed by atoms with Gasteiger partial charge in [0.05, 0.1) is 11.6 Å². The molecule has 1 aliphatic heterocycles. The fraction of sp³-hybridized carbons (Fsp3) is 0.120. The van der Waals surface area contributed by atoms with Crippen molar-refractivity contribution in [1.82, 2.24) is 0 Å². The molecular formula is C25H19ClFNO3. The fourth-order valence-electron chi connectivity index (χ4n) is 3.76. The van der Waals surface area contributed by atoms with Crippen molar-refractivity contribution in [3.63, 3.8) is 0 Å². The number of aliphatic hydroxyl groups is 1. The summed E-state index contributed by atoms with van der Waals surface area (Å²) in [7, 11) is 0.